The summed E-state index contributed by atoms with van der Waals surface area (Å²) in [6.45, 7) is 0.906. The van der Waals surface area contributed by atoms with E-state index in [0.717, 1.165) is 17.9 Å². The van der Waals surface area contributed by atoms with E-state index in [-0.39, 0.29) is 5.25 Å². The molecule has 94 valence electrons. The first-order valence-electron chi connectivity index (χ1n) is 5.62. The molecule has 0 aromatic heterocycles. The third-order valence-corrected chi connectivity index (χ3v) is 3.59. The molecule has 0 aliphatic carbocycles. The van der Waals surface area contributed by atoms with Gasteiger partial charge in [0, 0.05) is 12.3 Å². The number of hydrogen-bond acceptors (Lipinski definition) is 3. The van der Waals surface area contributed by atoms with Gasteiger partial charge in [0.15, 0.2) is 0 Å². The largest absolute Gasteiger partial charge is 0.480 e. The van der Waals surface area contributed by atoms with Crippen molar-refractivity contribution in [3.63, 3.8) is 0 Å². The van der Waals surface area contributed by atoms with Crippen LogP contribution in [0.15, 0.2) is 30.3 Å². The summed E-state index contributed by atoms with van der Waals surface area (Å²) in [5.41, 5.74) is 1.08. The maximum Gasteiger partial charge on any atom is 0.316 e. The van der Waals surface area contributed by atoms with Crippen LogP contribution in [0.4, 0.5) is 0 Å². The molecule has 4 heteroatoms. The number of aliphatic carboxylic acids is 1. The van der Waals surface area contributed by atoms with E-state index in [1.165, 1.54) is 11.8 Å². The number of carbonyl (C=O) groups is 1. The minimum absolute atomic E-state index is 0.350. The van der Waals surface area contributed by atoms with Gasteiger partial charge in [-0.2, -0.15) is 0 Å². The van der Waals surface area contributed by atoms with Gasteiger partial charge >= 0.3 is 5.97 Å². The Morgan fingerprint density at radius 1 is 1.35 bits per heavy atom. The van der Waals surface area contributed by atoms with Crippen molar-refractivity contribution in [1.29, 1.82) is 0 Å². The molecule has 0 spiro atoms. The predicted octanol–water partition coefficient (Wildman–Crippen LogP) is 1.98. The predicted molar refractivity (Wildman–Crippen MR) is 72.6 cm³/mol. The van der Waals surface area contributed by atoms with Crippen LogP contribution >= 0.6 is 11.8 Å². The van der Waals surface area contributed by atoms with Crippen molar-refractivity contribution < 1.29 is 9.90 Å². The third kappa shape index (κ3) is 5.75. The Kier molecular flexibility index (Phi) is 6.08. The summed E-state index contributed by atoms with van der Waals surface area (Å²) < 4.78 is 0. The summed E-state index contributed by atoms with van der Waals surface area (Å²) in [5.74, 6) is 0.120. The lowest BCUT2D eigenvalue weighted by atomic mass is 10.1. The third-order valence-electron chi connectivity index (χ3n) is 2.40. The van der Waals surface area contributed by atoms with Crippen LogP contribution in [0.5, 0.6) is 0 Å². The number of thioether (sulfide) groups is 1. The molecule has 0 saturated heterocycles. The van der Waals surface area contributed by atoms with Crippen LogP contribution in [0, 0.1) is 0 Å². The Labute approximate surface area is 107 Å². The van der Waals surface area contributed by atoms with Crippen molar-refractivity contribution in [2.45, 2.75) is 11.7 Å². The fraction of sp³-hybridized carbons (Fsp3) is 0.462. The Morgan fingerprint density at radius 3 is 2.53 bits per heavy atom. The van der Waals surface area contributed by atoms with Gasteiger partial charge in [0.2, 0.25) is 0 Å². The first-order chi connectivity index (χ1) is 8.09. The van der Waals surface area contributed by atoms with E-state index < -0.39 is 5.97 Å². The van der Waals surface area contributed by atoms with Crippen LogP contribution in [0.3, 0.4) is 0 Å². The molecular weight excluding hydrogens is 234 g/mol. The molecular formula is C13H19NO2S. The van der Waals surface area contributed by atoms with Crippen LogP contribution in [0.2, 0.25) is 0 Å². The lowest BCUT2D eigenvalue weighted by Gasteiger charge is -2.14. The van der Waals surface area contributed by atoms with Gasteiger partial charge in [-0.05, 0) is 26.1 Å². The average Bonchev–Trinajstić information content (AvgIpc) is 2.28. The summed E-state index contributed by atoms with van der Waals surface area (Å²) >= 11 is 1.51. The second kappa shape index (κ2) is 7.35. The molecule has 0 bridgehead atoms. The maximum absolute atomic E-state index is 11.1. The molecule has 0 fully saturated rings. The zero-order chi connectivity index (χ0) is 12.7. The molecule has 1 aromatic carbocycles. The van der Waals surface area contributed by atoms with Crippen molar-refractivity contribution in [1.82, 2.24) is 4.90 Å². The number of nitrogens with zero attached hydrogens (tertiary/aromatic N) is 1. The van der Waals surface area contributed by atoms with Gasteiger partial charge in [0.1, 0.15) is 5.25 Å². The van der Waals surface area contributed by atoms with Crippen molar-refractivity contribution in [3.05, 3.63) is 35.9 Å². The number of carboxylic acids is 1. The van der Waals surface area contributed by atoms with Crippen LogP contribution in [-0.4, -0.2) is 47.6 Å². The average molecular weight is 253 g/mol. The van der Waals surface area contributed by atoms with Gasteiger partial charge in [-0.3, -0.25) is 4.79 Å². The van der Waals surface area contributed by atoms with Crippen LogP contribution in [-0.2, 0) is 11.2 Å². The highest BCUT2D eigenvalue weighted by Crippen LogP contribution is 2.16. The highest BCUT2D eigenvalue weighted by atomic mass is 32.2. The normalized spacial score (nSPS) is 12.6. The quantitative estimate of drug-likeness (QED) is 0.806. The Balaban J connectivity index is 2.47. The minimum atomic E-state index is -0.724. The minimum Gasteiger partial charge on any atom is -0.480 e. The van der Waals surface area contributed by atoms with Gasteiger partial charge in [0.25, 0.3) is 0 Å². The fourth-order valence-corrected chi connectivity index (χ4v) is 2.63. The molecule has 1 aromatic rings. The van der Waals surface area contributed by atoms with Gasteiger partial charge in [0.05, 0.1) is 0 Å². The summed E-state index contributed by atoms with van der Waals surface area (Å²) in [4.78, 5) is 13.2. The second-order valence-electron chi connectivity index (χ2n) is 4.19. The fourth-order valence-electron chi connectivity index (χ4n) is 1.42. The van der Waals surface area contributed by atoms with E-state index in [9.17, 15) is 4.79 Å². The van der Waals surface area contributed by atoms with Crippen molar-refractivity contribution in [2.24, 2.45) is 0 Å². The molecule has 1 atom stereocenters. The lowest BCUT2D eigenvalue weighted by molar-refractivity contribution is -0.136. The Morgan fingerprint density at radius 2 is 2.00 bits per heavy atom. The Bertz CT molecular complexity index is 341. The van der Waals surface area contributed by atoms with Crippen molar-refractivity contribution in [2.75, 3.05) is 26.4 Å². The molecule has 17 heavy (non-hydrogen) atoms. The van der Waals surface area contributed by atoms with E-state index in [0.29, 0.717) is 6.42 Å². The highest BCUT2D eigenvalue weighted by Gasteiger charge is 2.18. The monoisotopic (exact) mass is 253 g/mol. The maximum atomic E-state index is 11.1. The summed E-state index contributed by atoms with van der Waals surface area (Å²) in [6, 6.07) is 9.78. The molecule has 1 unspecified atom stereocenters. The molecule has 0 heterocycles. The first kappa shape index (κ1) is 14.1. The number of hydrogen-bond donors (Lipinski definition) is 1. The molecule has 1 rings (SSSR count). The lowest BCUT2D eigenvalue weighted by Crippen LogP contribution is -2.22. The van der Waals surface area contributed by atoms with Gasteiger partial charge in [-0.15, -0.1) is 11.8 Å². The molecule has 1 N–H and O–H groups in total. The van der Waals surface area contributed by atoms with E-state index in [4.69, 9.17) is 5.11 Å². The SMILES string of the molecule is CN(C)CCSC(Cc1ccccc1)C(=O)O. The molecule has 0 aliphatic rings. The number of rotatable bonds is 7. The topological polar surface area (TPSA) is 40.5 Å². The first-order valence-corrected chi connectivity index (χ1v) is 6.67. The van der Waals surface area contributed by atoms with Crippen LogP contribution in [0.1, 0.15) is 5.56 Å². The van der Waals surface area contributed by atoms with Gasteiger partial charge in [-0.25, -0.2) is 0 Å². The Hall–Kier alpha value is -1.00. The molecule has 3 nitrogen and oxygen atoms in total. The highest BCUT2D eigenvalue weighted by molar-refractivity contribution is 8.00. The number of benzene rings is 1. The van der Waals surface area contributed by atoms with E-state index in [1.54, 1.807) is 0 Å². The van der Waals surface area contributed by atoms with Crippen LogP contribution < -0.4 is 0 Å². The molecule has 0 aliphatic heterocycles. The summed E-state index contributed by atoms with van der Waals surface area (Å²) in [7, 11) is 3.99. The molecule has 0 radical (unpaired) electrons. The van der Waals surface area contributed by atoms with Gasteiger partial charge < -0.3 is 10.0 Å². The zero-order valence-electron chi connectivity index (χ0n) is 10.3. The second-order valence-corrected chi connectivity index (χ2v) is 5.50. The zero-order valence-corrected chi connectivity index (χ0v) is 11.1. The summed E-state index contributed by atoms with van der Waals surface area (Å²) in [6.07, 6.45) is 0.592. The number of carboxylic acid groups (broad SMARTS) is 1. The smallest absolute Gasteiger partial charge is 0.316 e. The molecule has 0 saturated carbocycles. The van der Waals surface area contributed by atoms with E-state index in [2.05, 4.69) is 4.90 Å². The molecule has 0 amide bonds. The van der Waals surface area contributed by atoms with Gasteiger partial charge in [-0.1, -0.05) is 30.3 Å². The summed E-state index contributed by atoms with van der Waals surface area (Å²) in [5, 5.41) is 8.82. The standard InChI is InChI=1S/C13H19NO2S/c1-14(2)8-9-17-12(13(15)16)10-11-6-4-3-5-7-11/h3-7,12H,8-10H2,1-2H3,(H,15,16). The van der Waals surface area contributed by atoms with E-state index >= 15 is 0 Å². The van der Waals surface area contributed by atoms with E-state index in [1.807, 2.05) is 44.4 Å². The van der Waals surface area contributed by atoms with Crippen molar-refractivity contribution >= 4 is 17.7 Å². The van der Waals surface area contributed by atoms with Crippen LogP contribution in [0.25, 0.3) is 0 Å². The van der Waals surface area contributed by atoms with Crippen molar-refractivity contribution in [3.8, 4) is 0 Å².